The molecule has 0 fully saturated rings. The molecule has 0 radical (unpaired) electrons. The van der Waals surface area contributed by atoms with E-state index in [1.165, 1.54) is 30.3 Å². The van der Waals surface area contributed by atoms with Gasteiger partial charge in [0.2, 0.25) is 0 Å². The number of carbonyl (C=O) groups is 2. The fraction of sp³-hybridized carbons (Fsp3) is 0. The average Bonchev–Trinajstić information content (AvgIpc) is 2.66. The van der Waals surface area contributed by atoms with Crippen molar-refractivity contribution in [2.75, 3.05) is 5.32 Å². The first kappa shape index (κ1) is 18.1. The number of amides is 1. The summed E-state index contributed by atoms with van der Waals surface area (Å²) in [6.45, 7) is 0. The molecule has 0 heterocycles. The normalized spacial score (nSPS) is 10.3. The number of rotatable bonds is 5. The van der Waals surface area contributed by atoms with E-state index in [1.54, 1.807) is 24.3 Å². The van der Waals surface area contributed by atoms with Crippen LogP contribution in [0.3, 0.4) is 0 Å². The van der Waals surface area contributed by atoms with Crippen LogP contribution in [0.5, 0.6) is 11.5 Å². The fourth-order valence-corrected chi connectivity index (χ4v) is 2.28. The van der Waals surface area contributed by atoms with Crippen LogP contribution in [-0.2, 0) is 0 Å². The maximum atomic E-state index is 13.3. The van der Waals surface area contributed by atoms with Gasteiger partial charge in [-0.3, -0.25) is 4.79 Å². The first-order chi connectivity index (χ1) is 12.9. The first-order valence-corrected chi connectivity index (χ1v) is 7.80. The summed E-state index contributed by atoms with van der Waals surface area (Å²) in [7, 11) is 0. The Hall–Kier alpha value is -3.74. The Morgan fingerprint density at radius 1 is 0.852 bits per heavy atom. The van der Waals surface area contributed by atoms with E-state index >= 15 is 0 Å². The van der Waals surface area contributed by atoms with Gasteiger partial charge in [-0.2, -0.15) is 0 Å². The van der Waals surface area contributed by atoms with Gasteiger partial charge >= 0.3 is 5.97 Å². The highest BCUT2D eigenvalue weighted by Gasteiger charge is 2.13. The SMILES string of the molecule is O=C(O)c1ccc(Oc2ccccc2NC(=O)c2ccc(F)c(F)c2)cc1. The van der Waals surface area contributed by atoms with E-state index in [4.69, 9.17) is 9.84 Å². The molecule has 0 aliphatic carbocycles. The van der Waals surface area contributed by atoms with Crippen molar-refractivity contribution >= 4 is 17.6 Å². The molecular weight excluding hydrogens is 356 g/mol. The average molecular weight is 369 g/mol. The summed E-state index contributed by atoms with van der Waals surface area (Å²) >= 11 is 0. The molecule has 3 aromatic carbocycles. The van der Waals surface area contributed by atoms with Crippen LogP contribution in [0, 0.1) is 11.6 Å². The van der Waals surface area contributed by atoms with Crippen molar-refractivity contribution in [1.29, 1.82) is 0 Å². The minimum Gasteiger partial charge on any atom is -0.478 e. The van der Waals surface area contributed by atoms with Crippen LogP contribution in [0.4, 0.5) is 14.5 Å². The monoisotopic (exact) mass is 369 g/mol. The van der Waals surface area contributed by atoms with Gasteiger partial charge in [0, 0.05) is 5.56 Å². The van der Waals surface area contributed by atoms with Gasteiger partial charge in [-0.15, -0.1) is 0 Å². The number of aromatic carboxylic acids is 1. The lowest BCUT2D eigenvalue weighted by Crippen LogP contribution is -2.13. The summed E-state index contributed by atoms with van der Waals surface area (Å²) in [6, 6.07) is 15.1. The van der Waals surface area contributed by atoms with Crippen molar-refractivity contribution in [1.82, 2.24) is 0 Å². The topological polar surface area (TPSA) is 75.6 Å². The summed E-state index contributed by atoms with van der Waals surface area (Å²) in [5.74, 6) is -3.18. The zero-order valence-electron chi connectivity index (χ0n) is 13.8. The number of para-hydroxylation sites is 2. The molecule has 0 aliphatic rings. The smallest absolute Gasteiger partial charge is 0.335 e. The first-order valence-electron chi connectivity index (χ1n) is 7.80. The highest BCUT2D eigenvalue weighted by molar-refractivity contribution is 6.05. The number of nitrogens with one attached hydrogen (secondary N) is 1. The van der Waals surface area contributed by atoms with Crippen LogP contribution in [0.2, 0.25) is 0 Å². The molecule has 0 bridgehead atoms. The highest BCUT2D eigenvalue weighted by atomic mass is 19.2. The van der Waals surface area contributed by atoms with Crippen LogP contribution in [0.15, 0.2) is 66.7 Å². The lowest BCUT2D eigenvalue weighted by atomic mass is 10.2. The zero-order valence-corrected chi connectivity index (χ0v) is 13.8. The van der Waals surface area contributed by atoms with E-state index in [1.807, 2.05) is 0 Å². The lowest BCUT2D eigenvalue weighted by Gasteiger charge is -2.12. The number of carboxylic acid groups (broad SMARTS) is 1. The second-order valence-corrected chi connectivity index (χ2v) is 5.51. The second-order valence-electron chi connectivity index (χ2n) is 5.51. The van der Waals surface area contributed by atoms with Gasteiger partial charge < -0.3 is 15.2 Å². The van der Waals surface area contributed by atoms with Gasteiger partial charge in [-0.05, 0) is 54.6 Å². The summed E-state index contributed by atoms with van der Waals surface area (Å²) in [5.41, 5.74) is 0.381. The molecule has 0 atom stereocenters. The predicted molar refractivity (Wildman–Crippen MR) is 94.2 cm³/mol. The van der Waals surface area contributed by atoms with Crippen LogP contribution >= 0.6 is 0 Å². The molecule has 7 heteroatoms. The Morgan fingerprint density at radius 2 is 1.52 bits per heavy atom. The quantitative estimate of drug-likeness (QED) is 0.683. The summed E-state index contributed by atoms with van der Waals surface area (Å²) in [6.07, 6.45) is 0. The van der Waals surface area contributed by atoms with Crippen molar-refractivity contribution in [2.24, 2.45) is 0 Å². The van der Waals surface area contributed by atoms with Crippen molar-refractivity contribution in [3.63, 3.8) is 0 Å². The van der Waals surface area contributed by atoms with Crippen molar-refractivity contribution < 1.29 is 28.2 Å². The van der Waals surface area contributed by atoms with Crippen molar-refractivity contribution in [3.8, 4) is 11.5 Å². The van der Waals surface area contributed by atoms with Crippen LogP contribution in [0.1, 0.15) is 20.7 Å². The van der Waals surface area contributed by atoms with E-state index in [0.717, 1.165) is 12.1 Å². The number of halogens is 2. The number of benzene rings is 3. The Balaban J connectivity index is 1.80. The van der Waals surface area contributed by atoms with E-state index in [9.17, 15) is 18.4 Å². The maximum absolute atomic E-state index is 13.3. The number of carboxylic acids is 1. The number of hydrogen-bond acceptors (Lipinski definition) is 3. The molecule has 0 saturated carbocycles. The zero-order chi connectivity index (χ0) is 19.4. The van der Waals surface area contributed by atoms with Crippen LogP contribution < -0.4 is 10.1 Å². The van der Waals surface area contributed by atoms with Gasteiger partial charge in [0.05, 0.1) is 11.3 Å². The third-order valence-corrected chi connectivity index (χ3v) is 3.65. The van der Waals surface area contributed by atoms with Crippen molar-refractivity contribution in [3.05, 3.63) is 89.5 Å². The molecule has 5 nitrogen and oxygen atoms in total. The summed E-state index contributed by atoms with van der Waals surface area (Å²) < 4.78 is 32.0. The number of anilines is 1. The molecule has 0 saturated heterocycles. The van der Waals surface area contributed by atoms with E-state index < -0.39 is 23.5 Å². The van der Waals surface area contributed by atoms with Crippen LogP contribution in [0.25, 0.3) is 0 Å². The molecule has 3 aromatic rings. The second kappa shape index (κ2) is 7.65. The summed E-state index contributed by atoms with van der Waals surface area (Å²) in [4.78, 5) is 23.2. The van der Waals surface area contributed by atoms with Crippen molar-refractivity contribution in [2.45, 2.75) is 0 Å². The van der Waals surface area contributed by atoms with Gasteiger partial charge in [0.15, 0.2) is 17.4 Å². The number of ether oxygens (including phenoxy) is 1. The Labute approximate surface area is 152 Å². The highest BCUT2D eigenvalue weighted by Crippen LogP contribution is 2.30. The molecular formula is C20H13F2NO4. The third-order valence-electron chi connectivity index (χ3n) is 3.65. The Kier molecular flexibility index (Phi) is 5.12. The maximum Gasteiger partial charge on any atom is 0.335 e. The Morgan fingerprint density at radius 3 is 2.19 bits per heavy atom. The molecule has 0 unspecified atom stereocenters. The Bertz CT molecular complexity index is 1000. The molecule has 27 heavy (non-hydrogen) atoms. The molecule has 0 spiro atoms. The van der Waals surface area contributed by atoms with E-state index in [2.05, 4.69) is 5.32 Å². The van der Waals surface area contributed by atoms with Gasteiger partial charge in [-0.1, -0.05) is 12.1 Å². The van der Waals surface area contributed by atoms with Crippen LogP contribution in [-0.4, -0.2) is 17.0 Å². The van der Waals surface area contributed by atoms with E-state index in [-0.39, 0.29) is 11.1 Å². The molecule has 0 aromatic heterocycles. The number of carbonyl (C=O) groups excluding carboxylic acids is 1. The summed E-state index contributed by atoms with van der Waals surface area (Å²) in [5, 5.41) is 11.5. The largest absolute Gasteiger partial charge is 0.478 e. The molecule has 136 valence electrons. The molecule has 2 N–H and O–H groups in total. The fourth-order valence-electron chi connectivity index (χ4n) is 2.28. The predicted octanol–water partition coefficient (Wildman–Crippen LogP) is 4.71. The standard InChI is InChI=1S/C20H13F2NO4/c21-15-10-7-13(11-16(15)22)19(24)23-17-3-1-2-4-18(17)27-14-8-5-12(6-9-14)20(25)26/h1-11H,(H,23,24)(H,25,26). The molecule has 1 amide bonds. The third kappa shape index (κ3) is 4.27. The lowest BCUT2D eigenvalue weighted by molar-refractivity contribution is 0.0696. The molecule has 0 aliphatic heterocycles. The van der Waals surface area contributed by atoms with Gasteiger partial charge in [0.25, 0.3) is 5.91 Å². The minimum atomic E-state index is -1.12. The van der Waals surface area contributed by atoms with Gasteiger partial charge in [-0.25, -0.2) is 13.6 Å². The minimum absolute atomic E-state index is 0.0467. The number of hydrogen-bond donors (Lipinski definition) is 2. The van der Waals surface area contributed by atoms with Gasteiger partial charge in [0.1, 0.15) is 5.75 Å². The molecule has 3 rings (SSSR count). The van der Waals surface area contributed by atoms with E-state index in [0.29, 0.717) is 17.2 Å².